The highest BCUT2D eigenvalue weighted by atomic mass is 19.4. The molecule has 0 radical (unpaired) electrons. The Morgan fingerprint density at radius 2 is 1.88 bits per heavy atom. The van der Waals surface area contributed by atoms with Crippen LogP contribution in [0.25, 0.3) is 0 Å². The Morgan fingerprint density at radius 3 is 2.54 bits per heavy atom. The summed E-state index contributed by atoms with van der Waals surface area (Å²) in [6.45, 7) is 4.43. The molecule has 2 N–H and O–H groups in total. The maximum Gasteiger partial charge on any atom is 0.416 e. The molecule has 0 aliphatic carbocycles. The Bertz CT molecular complexity index is 629. The molecule has 2 aliphatic heterocycles. The average molecular weight is 370 g/mol. The second-order valence-corrected chi connectivity index (χ2v) is 6.91. The van der Waals surface area contributed by atoms with Crippen LogP contribution in [0.2, 0.25) is 0 Å². The lowest BCUT2D eigenvalue weighted by molar-refractivity contribution is -0.137. The van der Waals surface area contributed by atoms with Crippen LogP contribution in [0, 0.1) is 0 Å². The lowest BCUT2D eigenvalue weighted by Gasteiger charge is -2.44. The number of piperazine rings is 1. The van der Waals surface area contributed by atoms with Crippen LogP contribution in [0.1, 0.15) is 18.4 Å². The molecule has 2 fully saturated rings. The Kier molecular flexibility index (Phi) is 5.72. The number of rotatable bonds is 3. The number of anilines is 1. The standard InChI is InChI=1S/C18H25F3N4O/c19-18(20,21)14-3-1-4-15(11-14)23-7-9-24(10-8-23)16-5-2-6-25(13-16)17(26)12-22/h1,3-4,11,16H,2,5-10,12-13,22H2. The number of halogens is 3. The number of alkyl halides is 3. The number of nitrogens with zero attached hydrogens (tertiary/aromatic N) is 3. The molecule has 0 saturated carbocycles. The van der Waals surface area contributed by atoms with Crippen LogP contribution in [-0.2, 0) is 11.0 Å². The molecule has 1 unspecified atom stereocenters. The van der Waals surface area contributed by atoms with Crippen molar-refractivity contribution in [3.8, 4) is 0 Å². The molecule has 1 aromatic carbocycles. The predicted molar refractivity (Wildman–Crippen MR) is 93.9 cm³/mol. The Hall–Kier alpha value is -1.80. The van der Waals surface area contributed by atoms with E-state index in [1.54, 1.807) is 6.07 Å². The minimum atomic E-state index is -4.32. The highest BCUT2D eigenvalue weighted by Gasteiger charge is 2.32. The van der Waals surface area contributed by atoms with Crippen molar-refractivity contribution in [3.63, 3.8) is 0 Å². The maximum absolute atomic E-state index is 12.9. The first kappa shape index (κ1) is 19.0. The quantitative estimate of drug-likeness (QED) is 0.881. The van der Waals surface area contributed by atoms with Gasteiger partial charge in [-0.1, -0.05) is 6.07 Å². The summed E-state index contributed by atoms with van der Waals surface area (Å²) in [5.41, 5.74) is 5.46. The summed E-state index contributed by atoms with van der Waals surface area (Å²) >= 11 is 0. The summed E-state index contributed by atoms with van der Waals surface area (Å²) in [4.78, 5) is 18.0. The van der Waals surface area contributed by atoms with Crippen LogP contribution in [-0.4, -0.2) is 67.6 Å². The predicted octanol–water partition coefficient (Wildman–Crippen LogP) is 1.78. The molecule has 26 heavy (non-hydrogen) atoms. The first-order chi connectivity index (χ1) is 12.4. The zero-order valence-electron chi connectivity index (χ0n) is 14.7. The molecule has 144 valence electrons. The second-order valence-electron chi connectivity index (χ2n) is 6.91. The van der Waals surface area contributed by atoms with Gasteiger partial charge in [0, 0.05) is 51.0 Å². The topological polar surface area (TPSA) is 52.8 Å². The van der Waals surface area contributed by atoms with E-state index in [-0.39, 0.29) is 12.5 Å². The SMILES string of the molecule is NCC(=O)N1CCCC(N2CCN(c3cccc(C(F)(F)F)c3)CC2)C1. The van der Waals surface area contributed by atoms with Crippen molar-refractivity contribution in [2.45, 2.75) is 25.1 Å². The van der Waals surface area contributed by atoms with Crippen LogP contribution in [0.15, 0.2) is 24.3 Å². The van der Waals surface area contributed by atoms with E-state index in [4.69, 9.17) is 5.73 Å². The number of nitrogens with two attached hydrogens (primary N) is 1. The number of carbonyl (C=O) groups excluding carboxylic acids is 1. The Balaban J connectivity index is 1.58. The van der Waals surface area contributed by atoms with Crippen LogP contribution in [0.3, 0.4) is 0 Å². The Labute approximate surface area is 151 Å². The molecule has 3 rings (SSSR count). The molecule has 1 aromatic rings. The number of amides is 1. The van der Waals surface area contributed by atoms with E-state index in [0.29, 0.717) is 31.4 Å². The lowest BCUT2D eigenvalue weighted by Crippen LogP contribution is -2.56. The third kappa shape index (κ3) is 4.29. The third-order valence-electron chi connectivity index (χ3n) is 5.29. The largest absolute Gasteiger partial charge is 0.416 e. The summed E-state index contributed by atoms with van der Waals surface area (Å²) in [6, 6.07) is 5.82. The molecule has 5 nitrogen and oxygen atoms in total. The van der Waals surface area contributed by atoms with Crippen LogP contribution in [0.4, 0.5) is 18.9 Å². The van der Waals surface area contributed by atoms with Gasteiger partial charge in [0.1, 0.15) is 0 Å². The van der Waals surface area contributed by atoms with Crippen molar-refractivity contribution in [2.75, 3.05) is 50.7 Å². The van der Waals surface area contributed by atoms with Crippen molar-refractivity contribution in [2.24, 2.45) is 5.73 Å². The van der Waals surface area contributed by atoms with Gasteiger partial charge in [0.05, 0.1) is 12.1 Å². The minimum absolute atomic E-state index is 0.0164. The van der Waals surface area contributed by atoms with Crippen LogP contribution >= 0.6 is 0 Å². The van der Waals surface area contributed by atoms with Crippen molar-refractivity contribution in [1.82, 2.24) is 9.80 Å². The zero-order chi connectivity index (χ0) is 18.7. The minimum Gasteiger partial charge on any atom is -0.369 e. The van der Waals surface area contributed by atoms with Crippen molar-refractivity contribution >= 4 is 11.6 Å². The molecular weight excluding hydrogens is 345 g/mol. The van der Waals surface area contributed by atoms with E-state index in [1.165, 1.54) is 12.1 Å². The van der Waals surface area contributed by atoms with E-state index in [0.717, 1.165) is 38.5 Å². The molecule has 0 bridgehead atoms. The van der Waals surface area contributed by atoms with Gasteiger partial charge in [-0.25, -0.2) is 0 Å². The number of benzene rings is 1. The van der Waals surface area contributed by atoms with Crippen molar-refractivity contribution in [1.29, 1.82) is 0 Å². The number of hydrogen-bond acceptors (Lipinski definition) is 4. The average Bonchev–Trinajstić information content (AvgIpc) is 2.67. The lowest BCUT2D eigenvalue weighted by atomic mass is 10.0. The molecule has 8 heteroatoms. The Morgan fingerprint density at radius 1 is 1.15 bits per heavy atom. The van der Waals surface area contributed by atoms with Gasteiger partial charge in [0.2, 0.25) is 5.91 Å². The summed E-state index contributed by atoms with van der Waals surface area (Å²) in [5.74, 6) is -0.0164. The van der Waals surface area contributed by atoms with Crippen molar-refractivity contribution < 1.29 is 18.0 Å². The van der Waals surface area contributed by atoms with Gasteiger partial charge in [0.15, 0.2) is 0 Å². The highest BCUT2D eigenvalue weighted by molar-refractivity contribution is 5.78. The van der Waals surface area contributed by atoms with E-state index in [9.17, 15) is 18.0 Å². The first-order valence-electron chi connectivity index (χ1n) is 9.02. The fourth-order valence-electron chi connectivity index (χ4n) is 3.83. The van der Waals surface area contributed by atoms with Gasteiger partial charge in [-0.2, -0.15) is 13.2 Å². The van der Waals surface area contributed by atoms with E-state index >= 15 is 0 Å². The van der Waals surface area contributed by atoms with Gasteiger partial charge in [0.25, 0.3) is 0 Å². The number of piperidine rings is 1. The molecule has 1 atom stereocenters. The van der Waals surface area contributed by atoms with Gasteiger partial charge in [-0.05, 0) is 31.0 Å². The van der Waals surface area contributed by atoms with E-state index < -0.39 is 11.7 Å². The normalized spacial score (nSPS) is 22.5. The fourth-order valence-corrected chi connectivity index (χ4v) is 3.83. The monoisotopic (exact) mass is 370 g/mol. The van der Waals surface area contributed by atoms with Crippen LogP contribution in [0.5, 0.6) is 0 Å². The fraction of sp³-hybridized carbons (Fsp3) is 0.611. The molecule has 0 aromatic heterocycles. The van der Waals surface area contributed by atoms with Crippen LogP contribution < -0.4 is 10.6 Å². The molecule has 2 aliphatic rings. The number of likely N-dealkylation sites (tertiary alicyclic amines) is 1. The number of hydrogen-bond donors (Lipinski definition) is 1. The van der Waals surface area contributed by atoms with Crippen molar-refractivity contribution in [3.05, 3.63) is 29.8 Å². The maximum atomic E-state index is 12.9. The van der Waals surface area contributed by atoms with Gasteiger partial charge < -0.3 is 15.5 Å². The van der Waals surface area contributed by atoms with E-state index in [1.807, 2.05) is 9.80 Å². The first-order valence-corrected chi connectivity index (χ1v) is 9.02. The molecule has 2 heterocycles. The number of carbonyl (C=O) groups is 1. The summed E-state index contributed by atoms with van der Waals surface area (Å²) in [5, 5.41) is 0. The van der Waals surface area contributed by atoms with Gasteiger partial charge >= 0.3 is 6.18 Å². The summed E-state index contributed by atoms with van der Waals surface area (Å²) in [7, 11) is 0. The smallest absolute Gasteiger partial charge is 0.369 e. The summed E-state index contributed by atoms with van der Waals surface area (Å²) < 4.78 is 38.7. The van der Waals surface area contributed by atoms with Gasteiger partial charge in [-0.15, -0.1) is 0 Å². The second kappa shape index (κ2) is 7.84. The van der Waals surface area contributed by atoms with Gasteiger partial charge in [-0.3, -0.25) is 9.69 Å². The summed E-state index contributed by atoms with van der Waals surface area (Å²) in [6.07, 6.45) is -2.32. The zero-order valence-corrected chi connectivity index (χ0v) is 14.7. The highest BCUT2D eigenvalue weighted by Crippen LogP contribution is 2.32. The van der Waals surface area contributed by atoms with E-state index in [2.05, 4.69) is 4.90 Å². The molecule has 2 saturated heterocycles. The molecular formula is C18H25F3N4O. The third-order valence-corrected chi connectivity index (χ3v) is 5.29. The molecule has 0 spiro atoms. The molecule has 1 amide bonds.